The topological polar surface area (TPSA) is 111 Å². The number of nitrogens with zero attached hydrogens (tertiary/aromatic N) is 7. The van der Waals surface area contributed by atoms with Gasteiger partial charge in [0, 0.05) is 23.1 Å². The molecule has 4 aromatic heterocycles. The van der Waals surface area contributed by atoms with Gasteiger partial charge in [-0.3, -0.25) is 14.3 Å². The summed E-state index contributed by atoms with van der Waals surface area (Å²) >= 11 is 1.75. The molecule has 0 bridgehead atoms. The summed E-state index contributed by atoms with van der Waals surface area (Å²) in [6.07, 6.45) is 7.38. The first-order chi connectivity index (χ1) is 17.9. The number of aryl methyl sites for hydroxylation is 1. The SMILES string of the molecule is CCSc1ccc(CNc2nc3cnc(-c4c(C)ncnc4C4CC4)nc3n([C@@H](C)C(C)C)c2=O)nc1. The molecule has 0 aromatic carbocycles. The Kier molecular flexibility index (Phi) is 7.19. The van der Waals surface area contributed by atoms with Gasteiger partial charge in [-0.15, -0.1) is 11.8 Å². The summed E-state index contributed by atoms with van der Waals surface area (Å²) in [5.74, 6) is 2.43. The highest BCUT2D eigenvalue weighted by Crippen LogP contribution is 2.43. The fourth-order valence-electron chi connectivity index (χ4n) is 4.29. The van der Waals surface area contributed by atoms with E-state index in [-0.39, 0.29) is 23.3 Å². The van der Waals surface area contributed by atoms with E-state index in [1.54, 1.807) is 28.9 Å². The van der Waals surface area contributed by atoms with Gasteiger partial charge in [-0.05, 0) is 50.5 Å². The minimum atomic E-state index is -0.208. The maximum Gasteiger partial charge on any atom is 0.295 e. The Morgan fingerprint density at radius 3 is 2.57 bits per heavy atom. The van der Waals surface area contributed by atoms with Crippen molar-refractivity contribution in [2.24, 2.45) is 5.92 Å². The van der Waals surface area contributed by atoms with Crippen LogP contribution < -0.4 is 10.9 Å². The van der Waals surface area contributed by atoms with Gasteiger partial charge in [0.25, 0.3) is 5.56 Å². The second-order valence-electron chi connectivity index (χ2n) is 9.79. The van der Waals surface area contributed by atoms with E-state index >= 15 is 0 Å². The minimum Gasteiger partial charge on any atom is -0.360 e. The Labute approximate surface area is 220 Å². The Morgan fingerprint density at radius 1 is 1.08 bits per heavy atom. The third kappa shape index (κ3) is 5.20. The van der Waals surface area contributed by atoms with Crippen molar-refractivity contribution in [3.63, 3.8) is 0 Å². The fraction of sp³-hybridized carbons (Fsp3) is 0.444. The molecule has 1 N–H and O–H groups in total. The van der Waals surface area contributed by atoms with Gasteiger partial charge in [0.15, 0.2) is 17.3 Å². The predicted octanol–water partition coefficient (Wildman–Crippen LogP) is 5.17. The Balaban J connectivity index is 1.56. The highest BCUT2D eigenvalue weighted by atomic mass is 32.2. The number of anilines is 1. The molecule has 0 aliphatic heterocycles. The van der Waals surface area contributed by atoms with E-state index in [4.69, 9.17) is 4.98 Å². The van der Waals surface area contributed by atoms with Crippen LogP contribution in [-0.4, -0.2) is 40.2 Å². The van der Waals surface area contributed by atoms with Crippen LogP contribution in [0.1, 0.15) is 69.6 Å². The third-order valence-corrected chi connectivity index (χ3v) is 7.67. The van der Waals surface area contributed by atoms with Crippen molar-refractivity contribution < 1.29 is 0 Å². The Hall–Kier alpha value is -3.40. The predicted molar refractivity (Wildman–Crippen MR) is 147 cm³/mol. The molecule has 0 saturated heterocycles. The van der Waals surface area contributed by atoms with E-state index in [2.05, 4.69) is 51.0 Å². The van der Waals surface area contributed by atoms with E-state index in [1.807, 2.05) is 32.2 Å². The first-order valence-electron chi connectivity index (χ1n) is 12.8. The molecule has 4 aromatic rings. The van der Waals surface area contributed by atoms with Crippen molar-refractivity contribution in [2.75, 3.05) is 11.1 Å². The molecule has 1 fully saturated rings. The molecular weight excluding hydrogens is 484 g/mol. The highest BCUT2D eigenvalue weighted by Gasteiger charge is 2.30. The standard InChI is InChI=1S/C27H32N8OS/c1-6-37-20-10-9-19(28-12-20)11-29-25-27(36)35(17(5)15(2)3)26-21(33-25)13-30-24(34-26)22-16(4)31-14-32-23(22)18-7-8-18/h9-10,12-15,17-18H,6-8,11H2,1-5H3,(H,29,33)/t17-/m0/s1. The van der Waals surface area contributed by atoms with Crippen molar-refractivity contribution in [3.8, 4) is 11.4 Å². The van der Waals surface area contributed by atoms with Gasteiger partial charge in [-0.1, -0.05) is 20.8 Å². The van der Waals surface area contributed by atoms with Crippen molar-refractivity contribution in [3.05, 3.63) is 58.3 Å². The van der Waals surface area contributed by atoms with Crippen LogP contribution in [0.15, 0.2) is 40.5 Å². The molecule has 0 radical (unpaired) electrons. The van der Waals surface area contributed by atoms with Crippen LogP contribution >= 0.6 is 11.8 Å². The normalized spacial score (nSPS) is 14.3. The molecule has 1 aliphatic rings. The molecule has 1 saturated carbocycles. The molecule has 1 aliphatic carbocycles. The van der Waals surface area contributed by atoms with Gasteiger partial charge < -0.3 is 5.32 Å². The van der Waals surface area contributed by atoms with E-state index < -0.39 is 0 Å². The van der Waals surface area contributed by atoms with Crippen LogP contribution in [0.2, 0.25) is 0 Å². The number of hydrogen-bond donors (Lipinski definition) is 1. The second-order valence-corrected chi connectivity index (χ2v) is 11.1. The number of thioether (sulfide) groups is 1. The molecule has 10 heteroatoms. The smallest absolute Gasteiger partial charge is 0.295 e. The summed E-state index contributed by atoms with van der Waals surface area (Å²) in [5, 5.41) is 3.21. The summed E-state index contributed by atoms with van der Waals surface area (Å²) in [7, 11) is 0. The summed E-state index contributed by atoms with van der Waals surface area (Å²) in [4.78, 5) is 42.5. The average molecular weight is 517 g/mol. The van der Waals surface area contributed by atoms with Gasteiger partial charge in [-0.2, -0.15) is 0 Å². The van der Waals surface area contributed by atoms with Crippen LogP contribution in [-0.2, 0) is 6.54 Å². The Morgan fingerprint density at radius 2 is 1.89 bits per heavy atom. The van der Waals surface area contributed by atoms with E-state index in [1.165, 1.54) is 0 Å². The monoisotopic (exact) mass is 516 g/mol. The zero-order valence-corrected chi connectivity index (χ0v) is 22.7. The molecule has 4 heterocycles. The van der Waals surface area contributed by atoms with Crippen LogP contribution in [0, 0.1) is 12.8 Å². The van der Waals surface area contributed by atoms with Gasteiger partial charge >= 0.3 is 0 Å². The number of aromatic nitrogens is 7. The molecule has 0 unspecified atom stereocenters. The minimum absolute atomic E-state index is 0.0965. The third-order valence-electron chi connectivity index (χ3n) is 6.80. The first-order valence-corrected chi connectivity index (χ1v) is 13.8. The zero-order valence-electron chi connectivity index (χ0n) is 21.9. The van der Waals surface area contributed by atoms with Gasteiger partial charge in [-0.25, -0.2) is 24.9 Å². The van der Waals surface area contributed by atoms with Gasteiger partial charge in [0.2, 0.25) is 0 Å². The Bertz CT molecular complexity index is 1480. The molecule has 0 spiro atoms. The van der Waals surface area contributed by atoms with Crippen LogP contribution in [0.3, 0.4) is 0 Å². The molecule has 1 atom stereocenters. The lowest BCUT2D eigenvalue weighted by atomic mass is 10.1. The lowest BCUT2D eigenvalue weighted by molar-refractivity contribution is 0.406. The van der Waals surface area contributed by atoms with Crippen molar-refractivity contribution in [1.82, 2.24) is 34.5 Å². The van der Waals surface area contributed by atoms with Gasteiger partial charge in [0.1, 0.15) is 11.8 Å². The molecule has 5 rings (SSSR count). The van der Waals surface area contributed by atoms with Crippen LogP contribution in [0.5, 0.6) is 0 Å². The summed E-state index contributed by atoms with van der Waals surface area (Å²) < 4.78 is 1.74. The van der Waals surface area contributed by atoms with Crippen molar-refractivity contribution in [1.29, 1.82) is 0 Å². The number of fused-ring (bicyclic) bond motifs is 1. The largest absolute Gasteiger partial charge is 0.360 e. The maximum absolute atomic E-state index is 13.7. The average Bonchev–Trinajstić information content (AvgIpc) is 3.73. The van der Waals surface area contributed by atoms with Crippen molar-refractivity contribution in [2.45, 2.75) is 70.9 Å². The molecule has 9 nitrogen and oxygen atoms in total. The number of pyridine rings is 1. The summed E-state index contributed by atoms with van der Waals surface area (Å²) in [6.45, 7) is 10.7. The number of rotatable bonds is 9. The lowest BCUT2D eigenvalue weighted by Gasteiger charge is -2.22. The number of hydrogen-bond acceptors (Lipinski definition) is 9. The lowest BCUT2D eigenvalue weighted by Crippen LogP contribution is -2.30. The summed E-state index contributed by atoms with van der Waals surface area (Å²) in [6, 6.07) is 3.92. The van der Waals surface area contributed by atoms with E-state index in [0.29, 0.717) is 29.5 Å². The highest BCUT2D eigenvalue weighted by molar-refractivity contribution is 7.99. The zero-order chi connectivity index (χ0) is 26.1. The maximum atomic E-state index is 13.7. The van der Waals surface area contributed by atoms with E-state index in [0.717, 1.165) is 46.1 Å². The van der Waals surface area contributed by atoms with Crippen LogP contribution in [0.25, 0.3) is 22.6 Å². The fourth-order valence-corrected chi connectivity index (χ4v) is 4.91. The molecular formula is C27H32N8OS. The number of nitrogens with one attached hydrogen (secondary N) is 1. The van der Waals surface area contributed by atoms with Gasteiger partial charge in [0.05, 0.1) is 35.4 Å². The first kappa shape index (κ1) is 25.3. The molecule has 192 valence electrons. The summed E-state index contributed by atoms with van der Waals surface area (Å²) in [5.41, 5.74) is 4.39. The van der Waals surface area contributed by atoms with E-state index in [9.17, 15) is 4.79 Å². The second kappa shape index (κ2) is 10.5. The molecule has 0 amide bonds. The van der Waals surface area contributed by atoms with Crippen LogP contribution in [0.4, 0.5) is 5.82 Å². The quantitative estimate of drug-likeness (QED) is 0.301. The molecule has 37 heavy (non-hydrogen) atoms. The van der Waals surface area contributed by atoms with Crippen molar-refractivity contribution >= 4 is 28.7 Å².